The van der Waals surface area contributed by atoms with Gasteiger partial charge in [-0.3, -0.25) is 9.10 Å². The van der Waals surface area contributed by atoms with Crippen LogP contribution >= 0.6 is 11.8 Å². The van der Waals surface area contributed by atoms with Crippen molar-refractivity contribution in [2.24, 2.45) is 0 Å². The van der Waals surface area contributed by atoms with Crippen LogP contribution < -0.4 is 9.62 Å². The molecule has 7 heteroatoms. The Bertz CT molecular complexity index is 855. The zero-order chi connectivity index (χ0) is 19.9. The summed E-state index contributed by atoms with van der Waals surface area (Å²) in [5.41, 5.74) is 1.71. The average Bonchev–Trinajstić information content (AvgIpc) is 2.64. The highest BCUT2D eigenvalue weighted by Crippen LogP contribution is 2.23. The minimum absolute atomic E-state index is 0.0448. The van der Waals surface area contributed by atoms with E-state index < -0.39 is 10.0 Å². The van der Waals surface area contributed by atoms with Gasteiger partial charge in [0.25, 0.3) is 0 Å². The van der Waals surface area contributed by atoms with Crippen LogP contribution in [0.3, 0.4) is 0 Å². The lowest BCUT2D eigenvalue weighted by atomic mass is 10.1. The summed E-state index contributed by atoms with van der Waals surface area (Å²) in [6.45, 7) is 1.70. The number of hydrogen-bond donors (Lipinski definition) is 1. The minimum Gasteiger partial charge on any atom is -0.352 e. The fraction of sp³-hybridized carbons (Fsp3) is 0.350. The summed E-state index contributed by atoms with van der Waals surface area (Å²) >= 11 is 1.52. The molecule has 0 fully saturated rings. The molecule has 1 amide bonds. The fourth-order valence-electron chi connectivity index (χ4n) is 2.72. The Hall–Kier alpha value is -1.99. The van der Waals surface area contributed by atoms with E-state index in [2.05, 4.69) is 17.4 Å². The van der Waals surface area contributed by atoms with Gasteiger partial charge in [-0.1, -0.05) is 36.4 Å². The number of hydrogen-bond acceptors (Lipinski definition) is 4. The Kier molecular flexibility index (Phi) is 7.74. The summed E-state index contributed by atoms with van der Waals surface area (Å²) in [6.07, 6.45) is 4.68. The van der Waals surface area contributed by atoms with Crippen molar-refractivity contribution in [1.82, 2.24) is 5.32 Å². The van der Waals surface area contributed by atoms with Crippen LogP contribution in [-0.4, -0.2) is 39.4 Å². The molecule has 1 atom stereocenters. The van der Waals surface area contributed by atoms with Gasteiger partial charge in [0, 0.05) is 10.9 Å². The second-order valence-electron chi connectivity index (χ2n) is 6.46. The lowest BCUT2D eigenvalue weighted by Gasteiger charge is -2.23. The Labute approximate surface area is 166 Å². The molecule has 0 aromatic heterocycles. The molecule has 5 nitrogen and oxygen atoms in total. The van der Waals surface area contributed by atoms with Crippen LogP contribution in [0.1, 0.15) is 18.9 Å². The van der Waals surface area contributed by atoms with Crippen molar-refractivity contribution in [3.8, 4) is 0 Å². The molecule has 0 heterocycles. The van der Waals surface area contributed by atoms with Gasteiger partial charge in [-0.15, -0.1) is 11.8 Å². The number of nitrogens with zero attached hydrogens (tertiary/aromatic N) is 1. The maximum atomic E-state index is 12.4. The number of rotatable bonds is 9. The second kappa shape index (κ2) is 9.80. The standard InChI is InChI=1S/C20H26N2O3S2/c1-16(12-13-17-8-5-4-6-9-17)21-20(23)15-22(27(3,24)25)18-10-7-11-19(14-18)26-2/h4-11,14,16H,12-13,15H2,1-3H3,(H,21,23). The summed E-state index contributed by atoms with van der Waals surface area (Å²) < 4.78 is 25.6. The highest BCUT2D eigenvalue weighted by atomic mass is 32.2. The van der Waals surface area contributed by atoms with Gasteiger partial charge >= 0.3 is 0 Å². The number of aryl methyl sites for hydroxylation is 1. The van der Waals surface area contributed by atoms with Crippen LogP contribution in [0.5, 0.6) is 0 Å². The van der Waals surface area contributed by atoms with E-state index in [1.165, 1.54) is 17.3 Å². The Balaban J connectivity index is 1.99. The largest absolute Gasteiger partial charge is 0.352 e. The average molecular weight is 407 g/mol. The number of anilines is 1. The third-order valence-corrected chi connectivity index (χ3v) is 6.01. The van der Waals surface area contributed by atoms with Gasteiger partial charge in [0.1, 0.15) is 6.54 Å². The van der Waals surface area contributed by atoms with Crippen molar-refractivity contribution in [3.05, 3.63) is 60.2 Å². The van der Waals surface area contributed by atoms with Crippen molar-refractivity contribution in [2.75, 3.05) is 23.4 Å². The molecule has 1 N–H and O–H groups in total. The summed E-state index contributed by atoms with van der Waals surface area (Å²) in [5.74, 6) is -0.310. The van der Waals surface area contributed by atoms with Crippen molar-refractivity contribution in [1.29, 1.82) is 0 Å². The monoisotopic (exact) mass is 406 g/mol. The zero-order valence-electron chi connectivity index (χ0n) is 15.9. The van der Waals surface area contributed by atoms with Gasteiger partial charge in [-0.25, -0.2) is 8.42 Å². The molecule has 0 saturated carbocycles. The van der Waals surface area contributed by atoms with Gasteiger partial charge in [0.05, 0.1) is 11.9 Å². The SMILES string of the molecule is CSc1cccc(N(CC(=O)NC(C)CCc2ccccc2)S(C)(=O)=O)c1. The molecule has 2 rings (SSSR count). The van der Waals surface area contributed by atoms with Crippen LogP contribution in [0, 0.1) is 0 Å². The number of thioether (sulfide) groups is 1. The number of sulfonamides is 1. The van der Waals surface area contributed by atoms with Crippen molar-refractivity contribution >= 4 is 33.4 Å². The molecule has 0 aliphatic rings. The van der Waals surface area contributed by atoms with Gasteiger partial charge in [-0.2, -0.15) is 0 Å². The molecular weight excluding hydrogens is 380 g/mol. The first-order valence-corrected chi connectivity index (χ1v) is 11.8. The quantitative estimate of drug-likeness (QED) is 0.649. The molecule has 1 unspecified atom stereocenters. The summed E-state index contributed by atoms with van der Waals surface area (Å²) in [7, 11) is -3.57. The van der Waals surface area contributed by atoms with Gasteiger partial charge in [0.2, 0.25) is 15.9 Å². The van der Waals surface area contributed by atoms with Gasteiger partial charge in [-0.05, 0) is 49.8 Å². The zero-order valence-corrected chi connectivity index (χ0v) is 17.5. The summed E-state index contributed by atoms with van der Waals surface area (Å²) in [5, 5.41) is 2.90. The molecule has 0 aliphatic heterocycles. The van der Waals surface area contributed by atoms with Crippen molar-refractivity contribution in [2.45, 2.75) is 30.7 Å². The third kappa shape index (κ3) is 6.92. The van der Waals surface area contributed by atoms with E-state index in [9.17, 15) is 13.2 Å². The first kappa shape index (κ1) is 21.3. The number of amides is 1. The topological polar surface area (TPSA) is 66.5 Å². The van der Waals surface area contributed by atoms with E-state index in [0.717, 1.165) is 28.3 Å². The number of carbonyl (C=O) groups is 1. The molecule has 0 spiro atoms. The second-order valence-corrected chi connectivity index (χ2v) is 9.25. The maximum absolute atomic E-state index is 12.4. The predicted octanol–water partition coefficient (Wildman–Crippen LogP) is 3.31. The fourth-order valence-corrected chi connectivity index (χ4v) is 4.02. The van der Waals surface area contributed by atoms with Crippen molar-refractivity contribution < 1.29 is 13.2 Å². The van der Waals surface area contributed by atoms with Crippen molar-refractivity contribution in [3.63, 3.8) is 0 Å². The Morgan fingerprint density at radius 2 is 1.85 bits per heavy atom. The highest BCUT2D eigenvalue weighted by Gasteiger charge is 2.21. The molecule has 2 aromatic carbocycles. The van der Waals surface area contributed by atoms with E-state index in [1.807, 2.05) is 37.4 Å². The molecular formula is C20H26N2O3S2. The number of carbonyl (C=O) groups excluding carboxylic acids is 1. The van der Waals surface area contributed by atoms with Gasteiger partial charge < -0.3 is 5.32 Å². The predicted molar refractivity (Wildman–Crippen MR) is 113 cm³/mol. The maximum Gasteiger partial charge on any atom is 0.240 e. The van der Waals surface area contributed by atoms with E-state index in [1.54, 1.807) is 18.2 Å². The van der Waals surface area contributed by atoms with Crippen LogP contribution in [0.2, 0.25) is 0 Å². The lowest BCUT2D eigenvalue weighted by Crippen LogP contribution is -2.43. The van der Waals surface area contributed by atoms with Gasteiger partial charge in [0.15, 0.2) is 0 Å². The van der Waals surface area contributed by atoms with E-state index in [4.69, 9.17) is 0 Å². The van der Waals surface area contributed by atoms with Crippen LogP contribution in [0.4, 0.5) is 5.69 Å². The van der Waals surface area contributed by atoms with E-state index >= 15 is 0 Å². The van der Waals surface area contributed by atoms with Crippen LogP contribution in [0.25, 0.3) is 0 Å². The molecule has 2 aromatic rings. The summed E-state index contributed by atoms with van der Waals surface area (Å²) in [4.78, 5) is 13.4. The smallest absolute Gasteiger partial charge is 0.240 e. The molecule has 0 radical (unpaired) electrons. The molecule has 0 aliphatic carbocycles. The third-order valence-electron chi connectivity index (χ3n) is 4.15. The number of benzene rings is 2. The van der Waals surface area contributed by atoms with Crippen LogP contribution in [0.15, 0.2) is 59.5 Å². The first-order valence-electron chi connectivity index (χ1n) is 8.74. The normalized spacial score (nSPS) is 12.4. The highest BCUT2D eigenvalue weighted by molar-refractivity contribution is 7.98. The first-order chi connectivity index (χ1) is 12.8. The summed E-state index contributed by atoms with van der Waals surface area (Å²) in [6, 6.07) is 17.2. The minimum atomic E-state index is -3.57. The Morgan fingerprint density at radius 1 is 1.15 bits per heavy atom. The molecule has 0 saturated heterocycles. The van der Waals surface area contributed by atoms with E-state index in [-0.39, 0.29) is 18.5 Å². The molecule has 27 heavy (non-hydrogen) atoms. The number of nitrogens with one attached hydrogen (secondary N) is 1. The van der Waals surface area contributed by atoms with E-state index in [0.29, 0.717) is 5.69 Å². The Morgan fingerprint density at radius 3 is 2.48 bits per heavy atom. The van der Waals surface area contributed by atoms with Crippen LogP contribution in [-0.2, 0) is 21.2 Å². The lowest BCUT2D eigenvalue weighted by molar-refractivity contribution is -0.120. The molecule has 146 valence electrons. The molecule has 0 bridgehead atoms.